The van der Waals surface area contributed by atoms with Gasteiger partial charge in [-0.1, -0.05) is 114 Å². The fraction of sp³-hybridized carbons (Fsp3) is 0.250. The van der Waals surface area contributed by atoms with Gasteiger partial charge in [0.05, 0.1) is 5.02 Å². The standard InChI is InChI=1S/C32H31ClO/c1-31(2,3)24-15-22(16-25(19-24)32(4,5)6)20-11-13-21(14-12-20)23-17-27(33)30-26-9-7-8-10-28(26)34-29(30)18-23/h7-19H,1-6H3. The van der Waals surface area contributed by atoms with Crippen LogP contribution < -0.4 is 0 Å². The summed E-state index contributed by atoms with van der Waals surface area (Å²) in [4.78, 5) is 0. The molecule has 0 aliphatic carbocycles. The van der Waals surface area contributed by atoms with Crippen molar-refractivity contribution >= 4 is 33.5 Å². The summed E-state index contributed by atoms with van der Waals surface area (Å²) in [6.45, 7) is 13.7. The molecule has 1 aromatic heterocycles. The normalized spacial score (nSPS) is 12.6. The van der Waals surface area contributed by atoms with Gasteiger partial charge in [-0.25, -0.2) is 0 Å². The lowest BCUT2D eigenvalue weighted by Crippen LogP contribution is -2.16. The summed E-state index contributed by atoms with van der Waals surface area (Å²) in [7, 11) is 0. The highest BCUT2D eigenvalue weighted by Crippen LogP contribution is 2.38. The van der Waals surface area contributed by atoms with Gasteiger partial charge in [-0.3, -0.25) is 0 Å². The maximum Gasteiger partial charge on any atom is 0.137 e. The minimum absolute atomic E-state index is 0.0920. The van der Waals surface area contributed by atoms with Crippen LogP contribution >= 0.6 is 11.6 Å². The van der Waals surface area contributed by atoms with Crippen molar-refractivity contribution in [3.05, 3.63) is 95.0 Å². The van der Waals surface area contributed by atoms with Crippen molar-refractivity contribution in [2.24, 2.45) is 0 Å². The Balaban J connectivity index is 1.57. The maximum atomic E-state index is 6.72. The minimum atomic E-state index is 0.0920. The molecule has 0 fully saturated rings. The van der Waals surface area contributed by atoms with Crippen molar-refractivity contribution in [3.63, 3.8) is 0 Å². The van der Waals surface area contributed by atoms with Crippen molar-refractivity contribution in [2.75, 3.05) is 0 Å². The lowest BCUT2D eigenvalue weighted by molar-refractivity contribution is 0.569. The van der Waals surface area contributed by atoms with Gasteiger partial charge in [0, 0.05) is 10.8 Å². The summed E-state index contributed by atoms with van der Waals surface area (Å²) in [5, 5.41) is 2.75. The van der Waals surface area contributed by atoms with Crippen molar-refractivity contribution in [2.45, 2.75) is 52.4 Å². The molecule has 1 heterocycles. The van der Waals surface area contributed by atoms with Gasteiger partial charge < -0.3 is 4.42 Å². The summed E-state index contributed by atoms with van der Waals surface area (Å²) < 4.78 is 6.09. The first-order valence-electron chi connectivity index (χ1n) is 11.9. The van der Waals surface area contributed by atoms with E-state index in [1.165, 1.54) is 22.3 Å². The fourth-order valence-electron chi connectivity index (χ4n) is 4.49. The van der Waals surface area contributed by atoms with Crippen LogP contribution in [0.1, 0.15) is 52.7 Å². The number of rotatable bonds is 2. The van der Waals surface area contributed by atoms with Gasteiger partial charge in [0.1, 0.15) is 11.2 Å². The first kappa shape index (κ1) is 22.7. The molecule has 4 aromatic carbocycles. The average Bonchev–Trinajstić information content (AvgIpc) is 3.17. The second-order valence-corrected chi connectivity index (χ2v) is 11.7. The van der Waals surface area contributed by atoms with Crippen LogP contribution in [0.2, 0.25) is 5.02 Å². The molecule has 0 bridgehead atoms. The monoisotopic (exact) mass is 466 g/mol. The molecular formula is C32H31ClO. The summed E-state index contributed by atoms with van der Waals surface area (Å²) in [5.74, 6) is 0. The smallest absolute Gasteiger partial charge is 0.137 e. The molecule has 0 saturated carbocycles. The third-order valence-electron chi connectivity index (χ3n) is 6.65. The molecule has 2 heteroatoms. The Bertz CT molecular complexity index is 1470. The van der Waals surface area contributed by atoms with Gasteiger partial charge in [-0.05, 0) is 62.4 Å². The highest BCUT2D eigenvalue weighted by molar-refractivity contribution is 6.38. The molecular weight excluding hydrogens is 436 g/mol. The quantitative estimate of drug-likeness (QED) is 0.252. The molecule has 0 aliphatic rings. The topological polar surface area (TPSA) is 13.1 Å². The zero-order chi connectivity index (χ0) is 24.3. The Labute approximate surface area is 207 Å². The summed E-state index contributed by atoms with van der Waals surface area (Å²) in [5.41, 5.74) is 9.25. The molecule has 0 aliphatic heterocycles. The van der Waals surface area contributed by atoms with Crippen molar-refractivity contribution in [1.82, 2.24) is 0 Å². The highest BCUT2D eigenvalue weighted by atomic mass is 35.5. The summed E-state index contributed by atoms with van der Waals surface area (Å²) >= 11 is 6.72. The van der Waals surface area contributed by atoms with E-state index in [0.29, 0.717) is 5.02 Å². The minimum Gasteiger partial charge on any atom is -0.456 e. The fourth-order valence-corrected chi connectivity index (χ4v) is 4.80. The van der Waals surface area contributed by atoms with E-state index in [4.69, 9.17) is 16.0 Å². The van der Waals surface area contributed by atoms with Gasteiger partial charge in [0.15, 0.2) is 0 Å². The van der Waals surface area contributed by atoms with E-state index >= 15 is 0 Å². The van der Waals surface area contributed by atoms with E-state index in [9.17, 15) is 0 Å². The molecule has 0 amide bonds. The number of benzene rings is 4. The first-order chi connectivity index (χ1) is 16.0. The molecule has 1 nitrogen and oxygen atoms in total. The number of fused-ring (bicyclic) bond motifs is 3. The second kappa shape index (κ2) is 8.03. The number of furan rings is 1. The van der Waals surface area contributed by atoms with E-state index in [2.05, 4.69) is 96.1 Å². The molecule has 0 unspecified atom stereocenters. The molecule has 34 heavy (non-hydrogen) atoms. The Morgan fingerprint density at radius 3 is 1.65 bits per heavy atom. The Kier molecular flexibility index (Phi) is 5.37. The zero-order valence-corrected chi connectivity index (χ0v) is 21.5. The van der Waals surface area contributed by atoms with Crippen molar-refractivity contribution in [3.8, 4) is 22.3 Å². The molecule has 172 valence electrons. The zero-order valence-electron chi connectivity index (χ0n) is 20.8. The lowest BCUT2D eigenvalue weighted by Gasteiger charge is -2.26. The van der Waals surface area contributed by atoms with E-state index in [1.54, 1.807) is 0 Å². The van der Waals surface area contributed by atoms with Gasteiger partial charge in [0.2, 0.25) is 0 Å². The molecule has 0 radical (unpaired) electrons. The number of hydrogen-bond acceptors (Lipinski definition) is 1. The van der Waals surface area contributed by atoms with Crippen LogP contribution in [0.25, 0.3) is 44.2 Å². The predicted molar refractivity (Wildman–Crippen MR) is 147 cm³/mol. The SMILES string of the molecule is CC(C)(C)c1cc(-c2ccc(-c3cc(Cl)c4c(c3)oc3ccccc34)cc2)cc(C(C)(C)C)c1. The predicted octanol–water partition coefficient (Wildman–Crippen LogP) is 10.2. The van der Waals surface area contributed by atoms with E-state index in [0.717, 1.165) is 33.1 Å². The van der Waals surface area contributed by atoms with Crippen LogP contribution in [0.15, 0.2) is 83.3 Å². The Hall–Kier alpha value is -3.03. The van der Waals surface area contributed by atoms with Crippen LogP contribution in [-0.2, 0) is 10.8 Å². The molecule has 5 rings (SSSR count). The lowest BCUT2D eigenvalue weighted by atomic mass is 9.79. The third-order valence-corrected chi connectivity index (χ3v) is 6.95. The largest absolute Gasteiger partial charge is 0.456 e. The van der Waals surface area contributed by atoms with Gasteiger partial charge in [0.25, 0.3) is 0 Å². The third kappa shape index (κ3) is 4.14. The van der Waals surface area contributed by atoms with Crippen LogP contribution in [0, 0.1) is 0 Å². The molecule has 0 N–H and O–H groups in total. The van der Waals surface area contributed by atoms with Crippen LogP contribution in [-0.4, -0.2) is 0 Å². The van der Waals surface area contributed by atoms with E-state index in [1.807, 2.05) is 24.3 Å². The molecule has 0 spiro atoms. The maximum absolute atomic E-state index is 6.72. The van der Waals surface area contributed by atoms with Crippen LogP contribution in [0.3, 0.4) is 0 Å². The molecule has 0 saturated heterocycles. The van der Waals surface area contributed by atoms with Gasteiger partial charge >= 0.3 is 0 Å². The van der Waals surface area contributed by atoms with E-state index < -0.39 is 0 Å². The number of halogens is 1. The van der Waals surface area contributed by atoms with Crippen LogP contribution in [0.4, 0.5) is 0 Å². The van der Waals surface area contributed by atoms with Gasteiger partial charge in [-0.15, -0.1) is 0 Å². The van der Waals surface area contributed by atoms with Crippen molar-refractivity contribution < 1.29 is 4.42 Å². The Morgan fingerprint density at radius 2 is 1.09 bits per heavy atom. The first-order valence-corrected chi connectivity index (χ1v) is 12.3. The second-order valence-electron chi connectivity index (χ2n) is 11.3. The summed E-state index contributed by atoms with van der Waals surface area (Å²) in [6, 6.07) is 28.0. The van der Waals surface area contributed by atoms with Gasteiger partial charge in [-0.2, -0.15) is 0 Å². The van der Waals surface area contributed by atoms with Crippen LogP contribution in [0.5, 0.6) is 0 Å². The molecule has 5 aromatic rings. The highest BCUT2D eigenvalue weighted by Gasteiger charge is 2.21. The van der Waals surface area contributed by atoms with Crippen molar-refractivity contribution in [1.29, 1.82) is 0 Å². The number of para-hydroxylation sites is 1. The van der Waals surface area contributed by atoms with E-state index in [-0.39, 0.29) is 10.8 Å². The number of hydrogen-bond donors (Lipinski definition) is 0. The molecule has 0 atom stereocenters. The summed E-state index contributed by atoms with van der Waals surface area (Å²) in [6.07, 6.45) is 0. The average molecular weight is 467 g/mol. The Morgan fingerprint density at radius 1 is 0.559 bits per heavy atom.